The minimum Gasteiger partial charge on any atom is -0.316 e. The Morgan fingerprint density at radius 2 is 2.31 bits per heavy atom. The van der Waals surface area contributed by atoms with Gasteiger partial charge in [-0.15, -0.1) is 10.2 Å². The van der Waals surface area contributed by atoms with E-state index in [1.165, 1.54) is 0 Å². The Kier molecular flexibility index (Phi) is 3.14. The van der Waals surface area contributed by atoms with Crippen LogP contribution in [0.5, 0.6) is 0 Å². The Bertz CT molecular complexity index is 460. The smallest absolute Gasteiger partial charge is 0.182 e. The van der Waals surface area contributed by atoms with Gasteiger partial charge in [-0.05, 0) is 13.5 Å². The average molecular weight is 219 g/mol. The minimum atomic E-state index is 0.322. The van der Waals surface area contributed by atoms with E-state index in [1.54, 1.807) is 12.5 Å². The summed E-state index contributed by atoms with van der Waals surface area (Å²) in [4.78, 5) is 4.43. The van der Waals surface area contributed by atoms with Crippen LogP contribution in [-0.2, 0) is 0 Å². The second-order valence-electron chi connectivity index (χ2n) is 3.97. The molecule has 16 heavy (non-hydrogen) atoms. The lowest BCUT2D eigenvalue weighted by Gasteiger charge is -2.21. The molecule has 0 fully saturated rings. The van der Waals surface area contributed by atoms with E-state index in [2.05, 4.69) is 34.3 Å². The Morgan fingerprint density at radius 1 is 1.50 bits per heavy atom. The first-order valence-corrected chi connectivity index (χ1v) is 5.59. The van der Waals surface area contributed by atoms with Crippen LogP contribution < -0.4 is 5.32 Å². The topological polar surface area (TPSA) is 55.1 Å². The molecular formula is C11H17N5. The standard InChI is InChI=1S/C11H17N5/c1-4-9(12-3)8(2)10-11-15-14-7-16(11)6-5-13-10/h5-9,12H,4H2,1-3H3. The van der Waals surface area contributed by atoms with E-state index >= 15 is 0 Å². The summed E-state index contributed by atoms with van der Waals surface area (Å²) in [7, 11) is 1.98. The van der Waals surface area contributed by atoms with E-state index in [-0.39, 0.29) is 0 Å². The second-order valence-corrected chi connectivity index (χ2v) is 3.97. The fourth-order valence-corrected chi connectivity index (χ4v) is 2.10. The molecule has 5 heteroatoms. The summed E-state index contributed by atoms with van der Waals surface area (Å²) >= 11 is 0. The molecule has 0 aliphatic carbocycles. The monoisotopic (exact) mass is 219 g/mol. The van der Waals surface area contributed by atoms with E-state index in [0.717, 1.165) is 17.8 Å². The molecule has 0 saturated heterocycles. The van der Waals surface area contributed by atoms with E-state index in [1.807, 2.05) is 17.6 Å². The van der Waals surface area contributed by atoms with Crippen molar-refractivity contribution in [3.05, 3.63) is 24.4 Å². The maximum Gasteiger partial charge on any atom is 0.182 e. The highest BCUT2D eigenvalue weighted by Crippen LogP contribution is 2.21. The van der Waals surface area contributed by atoms with Crippen LogP contribution >= 0.6 is 0 Å². The van der Waals surface area contributed by atoms with Gasteiger partial charge in [-0.1, -0.05) is 13.8 Å². The predicted molar refractivity (Wildman–Crippen MR) is 62.3 cm³/mol. The van der Waals surface area contributed by atoms with Crippen molar-refractivity contribution in [2.75, 3.05) is 7.05 Å². The van der Waals surface area contributed by atoms with Crippen molar-refractivity contribution in [2.24, 2.45) is 0 Å². The summed E-state index contributed by atoms with van der Waals surface area (Å²) in [5.41, 5.74) is 1.85. The first kappa shape index (κ1) is 11.0. The molecule has 1 N–H and O–H groups in total. The minimum absolute atomic E-state index is 0.322. The van der Waals surface area contributed by atoms with Crippen molar-refractivity contribution in [3.63, 3.8) is 0 Å². The van der Waals surface area contributed by atoms with E-state index < -0.39 is 0 Å². The Balaban J connectivity index is 2.42. The molecule has 86 valence electrons. The third kappa shape index (κ3) is 1.78. The van der Waals surface area contributed by atoms with Gasteiger partial charge in [0.15, 0.2) is 5.65 Å². The zero-order chi connectivity index (χ0) is 11.5. The molecule has 2 aromatic rings. The normalized spacial score (nSPS) is 15.2. The molecule has 2 rings (SSSR count). The van der Waals surface area contributed by atoms with Crippen molar-refractivity contribution in [1.29, 1.82) is 0 Å². The summed E-state index contributed by atoms with van der Waals surface area (Å²) in [5.74, 6) is 0.322. The summed E-state index contributed by atoms with van der Waals surface area (Å²) in [6.07, 6.45) is 6.43. The lowest BCUT2D eigenvalue weighted by molar-refractivity contribution is 0.466. The van der Waals surface area contributed by atoms with Gasteiger partial charge in [0.05, 0.1) is 5.69 Å². The molecule has 0 radical (unpaired) electrons. The molecule has 5 nitrogen and oxygen atoms in total. The predicted octanol–water partition coefficient (Wildman–Crippen LogP) is 1.23. The van der Waals surface area contributed by atoms with Crippen LogP contribution in [0, 0.1) is 0 Å². The fraction of sp³-hybridized carbons (Fsp3) is 0.545. The van der Waals surface area contributed by atoms with Crippen LogP contribution in [0.2, 0.25) is 0 Å². The number of nitrogens with zero attached hydrogens (tertiary/aromatic N) is 4. The van der Waals surface area contributed by atoms with Gasteiger partial charge < -0.3 is 5.32 Å². The lowest BCUT2D eigenvalue weighted by atomic mass is 9.96. The van der Waals surface area contributed by atoms with Crippen LogP contribution in [0.3, 0.4) is 0 Å². The maximum atomic E-state index is 4.43. The number of hydrogen-bond donors (Lipinski definition) is 1. The largest absolute Gasteiger partial charge is 0.316 e. The van der Waals surface area contributed by atoms with Crippen LogP contribution in [-0.4, -0.2) is 32.7 Å². The number of fused-ring (bicyclic) bond motifs is 1. The van der Waals surface area contributed by atoms with Gasteiger partial charge in [-0.2, -0.15) is 0 Å². The van der Waals surface area contributed by atoms with Crippen LogP contribution in [0.4, 0.5) is 0 Å². The lowest BCUT2D eigenvalue weighted by Crippen LogP contribution is -2.30. The summed E-state index contributed by atoms with van der Waals surface area (Å²) in [6, 6.07) is 0.412. The number of likely N-dealkylation sites (N-methyl/N-ethyl adjacent to an activating group) is 1. The summed E-state index contributed by atoms with van der Waals surface area (Å²) < 4.78 is 1.90. The van der Waals surface area contributed by atoms with E-state index in [9.17, 15) is 0 Å². The van der Waals surface area contributed by atoms with Crippen LogP contribution in [0.15, 0.2) is 18.7 Å². The van der Waals surface area contributed by atoms with E-state index in [0.29, 0.717) is 12.0 Å². The Labute approximate surface area is 94.9 Å². The highest BCUT2D eigenvalue weighted by Gasteiger charge is 2.20. The Morgan fingerprint density at radius 3 is 3.00 bits per heavy atom. The number of rotatable bonds is 4. The van der Waals surface area contributed by atoms with Gasteiger partial charge in [0.2, 0.25) is 0 Å². The van der Waals surface area contributed by atoms with Gasteiger partial charge in [-0.25, -0.2) is 0 Å². The third-order valence-electron chi connectivity index (χ3n) is 3.09. The van der Waals surface area contributed by atoms with Crippen molar-refractivity contribution in [3.8, 4) is 0 Å². The molecule has 2 heterocycles. The second kappa shape index (κ2) is 4.57. The molecule has 0 amide bonds. The average Bonchev–Trinajstić information content (AvgIpc) is 2.78. The van der Waals surface area contributed by atoms with Crippen LogP contribution in [0.25, 0.3) is 5.65 Å². The van der Waals surface area contributed by atoms with E-state index in [4.69, 9.17) is 0 Å². The molecule has 0 saturated carbocycles. The molecule has 0 aliphatic rings. The maximum absolute atomic E-state index is 4.43. The SMILES string of the molecule is CCC(NC)C(C)c1nccn2cnnc12. The van der Waals surface area contributed by atoms with Crippen molar-refractivity contribution >= 4 is 5.65 Å². The highest BCUT2D eigenvalue weighted by atomic mass is 15.2. The van der Waals surface area contributed by atoms with Gasteiger partial charge in [0.25, 0.3) is 0 Å². The molecule has 0 aliphatic heterocycles. The van der Waals surface area contributed by atoms with Gasteiger partial charge in [-0.3, -0.25) is 9.38 Å². The van der Waals surface area contributed by atoms with Crippen molar-refractivity contribution < 1.29 is 0 Å². The first-order valence-electron chi connectivity index (χ1n) is 5.59. The molecule has 2 atom stereocenters. The molecule has 0 aromatic carbocycles. The highest BCUT2D eigenvalue weighted by molar-refractivity contribution is 5.44. The first-order chi connectivity index (χ1) is 7.77. The van der Waals surface area contributed by atoms with Gasteiger partial charge >= 0.3 is 0 Å². The van der Waals surface area contributed by atoms with Crippen LogP contribution in [0.1, 0.15) is 31.9 Å². The van der Waals surface area contributed by atoms with Crippen molar-refractivity contribution in [1.82, 2.24) is 24.9 Å². The Hall–Kier alpha value is -1.49. The molecule has 0 bridgehead atoms. The third-order valence-corrected chi connectivity index (χ3v) is 3.09. The fourth-order valence-electron chi connectivity index (χ4n) is 2.10. The number of aromatic nitrogens is 4. The molecule has 2 aromatic heterocycles. The molecule has 0 spiro atoms. The number of nitrogens with one attached hydrogen (secondary N) is 1. The van der Waals surface area contributed by atoms with Crippen molar-refractivity contribution in [2.45, 2.75) is 32.2 Å². The van der Waals surface area contributed by atoms with Gasteiger partial charge in [0, 0.05) is 24.4 Å². The number of hydrogen-bond acceptors (Lipinski definition) is 4. The zero-order valence-corrected chi connectivity index (χ0v) is 9.88. The summed E-state index contributed by atoms with van der Waals surface area (Å²) in [6.45, 7) is 4.34. The quantitative estimate of drug-likeness (QED) is 0.840. The van der Waals surface area contributed by atoms with Gasteiger partial charge in [0.1, 0.15) is 6.33 Å². The summed E-state index contributed by atoms with van der Waals surface area (Å²) in [5, 5.41) is 11.3. The zero-order valence-electron chi connectivity index (χ0n) is 9.88. The molecule has 2 unspecified atom stereocenters. The molecular weight excluding hydrogens is 202 g/mol.